The topological polar surface area (TPSA) is 52.3 Å². The first kappa shape index (κ1) is 12.9. The molecule has 1 heterocycles. The minimum atomic E-state index is -0.441. The number of hydrogen-bond acceptors (Lipinski definition) is 4. The Kier molecular flexibility index (Phi) is 3.28. The molecule has 2 aromatic carbocycles. The Labute approximate surface area is 123 Å². The monoisotopic (exact) mass is 331 g/mol. The van der Waals surface area contributed by atoms with Gasteiger partial charge in [-0.2, -0.15) is 0 Å². The van der Waals surface area contributed by atoms with Gasteiger partial charge in [-0.1, -0.05) is 34.1 Å². The molecular formula is C15H10BrNO3. The smallest absolute Gasteiger partial charge is 0.340 e. The van der Waals surface area contributed by atoms with Crippen LogP contribution in [0.5, 0.6) is 0 Å². The number of esters is 1. The average Bonchev–Trinajstić information content (AvgIpc) is 2.90. The molecule has 0 aliphatic heterocycles. The number of carbonyl (C=O) groups excluding carboxylic acids is 1. The highest BCUT2D eigenvalue weighted by Crippen LogP contribution is 2.29. The van der Waals surface area contributed by atoms with Crippen molar-refractivity contribution in [1.29, 1.82) is 0 Å². The molecule has 100 valence electrons. The van der Waals surface area contributed by atoms with Crippen LogP contribution in [-0.4, -0.2) is 18.1 Å². The highest BCUT2D eigenvalue weighted by molar-refractivity contribution is 9.10. The molecule has 0 atom stereocenters. The Balaban J connectivity index is 2.23. The SMILES string of the molecule is COC(=O)c1cc(Br)cc2oc(-c3ccccc3)nc12. The molecule has 0 aliphatic carbocycles. The van der Waals surface area contributed by atoms with Gasteiger partial charge in [-0.05, 0) is 24.3 Å². The van der Waals surface area contributed by atoms with Gasteiger partial charge in [0.15, 0.2) is 5.58 Å². The molecule has 0 radical (unpaired) electrons. The van der Waals surface area contributed by atoms with Gasteiger partial charge in [-0.3, -0.25) is 0 Å². The molecule has 3 rings (SSSR count). The van der Waals surface area contributed by atoms with Gasteiger partial charge in [0.25, 0.3) is 0 Å². The van der Waals surface area contributed by atoms with Gasteiger partial charge in [0, 0.05) is 10.0 Å². The van der Waals surface area contributed by atoms with Crippen molar-refractivity contribution in [2.45, 2.75) is 0 Å². The molecule has 0 amide bonds. The second-order valence-electron chi connectivity index (χ2n) is 4.18. The summed E-state index contributed by atoms with van der Waals surface area (Å²) in [6.45, 7) is 0. The summed E-state index contributed by atoms with van der Waals surface area (Å²) < 4.78 is 11.2. The number of rotatable bonds is 2. The lowest BCUT2D eigenvalue weighted by atomic mass is 10.2. The molecular weight excluding hydrogens is 322 g/mol. The van der Waals surface area contributed by atoms with Gasteiger partial charge in [0.1, 0.15) is 5.52 Å². The molecule has 5 heteroatoms. The highest BCUT2D eigenvalue weighted by Gasteiger charge is 2.17. The number of benzene rings is 2. The number of methoxy groups -OCH3 is 1. The summed E-state index contributed by atoms with van der Waals surface area (Å²) in [5.74, 6) is 0.0352. The van der Waals surface area contributed by atoms with E-state index >= 15 is 0 Å². The average molecular weight is 332 g/mol. The van der Waals surface area contributed by atoms with Gasteiger partial charge in [0.2, 0.25) is 5.89 Å². The van der Waals surface area contributed by atoms with Crippen molar-refractivity contribution < 1.29 is 13.9 Å². The number of carbonyl (C=O) groups is 1. The molecule has 0 aliphatic rings. The minimum Gasteiger partial charge on any atom is -0.465 e. The maximum absolute atomic E-state index is 11.8. The zero-order valence-electron chi connectivity index (χ0n) is 10.6. The largest absolute Gasteiger partial charge is 0.465 e. The quantitative estimate of drug-likeness (QED) is 0.665. The van der Waals surface area contributed by atoms with Crippen LogP contribution in [0.4, 0.5) is 0 Å². The first-order chi connectivity index (χ1) is 9.69. The molecule has 0 N–H and O–H groups in total. The summed E-state index contributed by atoms with van der Waals surface area (Å²) in [4.78, 5) is 16.2. The van der Waals surface area contributed by atoms with Crippen molar-refractivity contribution in [2.24, 2.45) is 0 Å². The van der Waals surface area contributed by atoms with E-state index in [0.717, 1.165) is 10.0 Å². The first-order valence-corrected chi connectivity index (χ1v) is 6.72. The zero-order chi connectivity index (χ0) is 14.1. The van der Waals surface area contributed by atoms with Crippen LogP contribution >= 0.6 is 15.9 Å². The lowest BCUT2D eigenvalue weighted by Crippen LogP contribution is -2.02. The zero-order valence-corrected chi connectivity index (χ0v) is 12.2. The van der Waals surface area contributed by atoms with Gasteiger partial charge in [-0.25, -0.2) is 9.78 Å². The highest BCUT2D eigenvalue weighted by atomic mass is 79.9. The minimum absolute atomic E-state index is 0.378. The van der Waals surface area contributed by atoms with E-state index in [1.807, 2.05) is 30.3 Å². The number of halogens is 1. The van der Waals surface area contributed by atoms with Crippen LogP contribution in [0.1, 0.15) is 10.4 Å². The van der Waals surface area contributed by atoms with E-state index in [0.29, 0.717) is 22.6 Å². The standard InChI is InChI=1S/C15H10BrNO3/c1-19-15(18)11-7-10(16)8-12-13(11)17-14(20-12)9-5-3-2-4-6-9/h2-8H,1H3. The van der Waals surface area contributed by atoms with E-state index in [9.17, 15) is 4.79 Å². The van der Waals surface area contributed by atoms with Gasteiger partial charge >= 0.3 is 5.97 Å². The number of fused-ring (bicyclic) bond motifs is 1. The normalized spacial score (nSPS) is 10.7. The maximum Gasteiger partial charge on any atom is 0.340 e. The number of hydrogen-bond donors (Lipinski definition) is 0. The summed E-state index contributed by atoms with van der Waals surface area (Å²) in [6.07, 6.45) is 0. The van der Waals surface area contributed by atoms with E-state index in [1.54, 1.807) is 12.1 Å². The predicted molar refractivity (Wildman–Crippen MR) is 78.5 cm³/mol. The molecule has 0 saturated heterocycles. The third-order valence-corrected chi connectivity index (χ3v) is 3.34. The van der Waals surface area contributed by atoms with Crippen molar-refractivity contribution >= 4 is 33.0 Å². The van der Waals surface area contributed by atoms with E-state index < -0.39 is 5.97 Å². The van der Waals surface area contributed by atoms with Crippen LogP contribution in [0.2, 0.25) is 0 Å². The van der Waals surface area contributed by atoms with E-state index in [1.165, 1.54) is 7.11 Å². The van der Waals surface area contributed by atoms with Crippen LogP contribution in [0.15, 0.2) is 51.4 Å². The molecule has 1 aromatic heterocycles. The molecule has 3 aromatic rings. The first-order valence-electron chi connectivity index (χ1n) is 5.93. The molecule has 4 nitrogen and oxygen atoms in total. The Morgan fingerprint density at radius 2 is 2.00 bits per heavy atom. The summed E-state index contributed by atoms with van der Waals surface area (Å²) in [5, 5.41) is 0. The Bertz CT molecular complexity index is 780. The van der Waals surface area contributed by atoms with E-state index in [-0.39, 0.29) is 0 Å². The Morgan fingerprint density at radius 3 is 2.70 bits per heavy atom. The van der Waals surface area contributed by atoms with Gasteiger partial charge in [-0.15, -0.1) is 0 Å². The summed E-state index contributed by atoms with van der Waals surface area (Å²) >= 11 is 3.35. The summed E-state index contributed by atoms with van der Waals surface area (Å²) in [5.41, 5.74) is 2.27. The second kappa shape index (κ2) is 5.09. The fourth-order valence-electron chi connectivity index (χ4n) is 1.97. The number of oxazole rings is 1. The van der Waals surface area contributed by atoms with Gasteiger partial charge < -0.3 is 9.15 Å². The van der Waals surface area contributed by atoms with Crippen LogP contribution in [0.25, 0.3) is 22.6 Å². The van der Waals surface area contributed by atoms with Gasteiger partial charge in [0.05, 0.1) is 12.7 Å². The van der Waals surface area contributed by atoms with Crippen molar-refractivity contribution in [3.8, 4) is 11.5 Å². The van der Waals surface area contributed by atoms with E-state index in [4.69, 9.17) is 9.15 Å². The number of aromatic nitrogens is 1. The molecule has 0 bridgehead atoms. The van der Waals surface area contributed by atoms with Crippen molar-refractivity contribution in [3.63, 3.8) is 0 Å². The molecule has 0 unspecified atom stereocenters. The lowest BCUT2D eigenvalue weighted by molar-refractivity contribution is 0.0602. The fourth-order valence-corrected chi connectivity index (χ4v) is 2.40. The Morgan fingerprint density at radius 1 is 1.25 bits per heavy atom. The molecule has 0 saturated carbocycles. The molecule has 0 fully saturated rings. The van der Waals surface area contributed by atoms with Crippen LogP contribution < -0.4 is 0 Å². The third kappa shape index (κ3) is 2.20. The predicted octanol–water partition coefficient (Wildman–Crippen LogP) is 4.04. The van der Waals surface area contributed by atoms with E-state index in [2.05, 4.69) is 20.9 Å². The number of nitrogens with zero attached hydrogens (tertiary/aromatic N) is 1. The third-order valence-electron chi connectivity index (χ3n) is 2.89. The maximum atomic E-state index is 11.8. The van der Waals surface area contributed by atoms with Crippen LogP contribution in [0.3, 0.4) is 0 Å². The summed E-state index contributed by atoms with van der Waals surface area (Å²) in [7, 11) is 1.34. The summed E-state index contributed by atoms with van der Waals surface area (Å²) in [6, 6.07) is 13.0. The van der Waals surface area contributed by atoms with Crippen molar-refractivity contribution in [2.75, 3.05) is 7.11 Å². The number of ether oxygens (including phenoxy) is 1. The second-order valence-corrected chi connectivity index (χ2v) is 5.09. The van der Waals surface area contributed by atoms with Crippen molar-refractivity contribution in [1.82, 2.24) is 4.98 Å². The Hall–Kier alpha value is -2.14. The lowest BCUT2D eigenvalue weighted by Gasteiger charge is -1.99. The molecule has 20 heavy (non-hydrogen) atoms. The molecule has 0 spiro atoms. The van der Waals surface area contributed by atoms with Crippen LogP contribution in [-0.2, 0) is 4.74 Å². The van der Waals surface area contributed by atoms with Crippen molar-refractivity contribution in [3.05, 3.63) is 52.5 Å². The fraction of sp³-hybridized carbons (Fsp3) is 0.0667. The van der Waals surface area contributed by atoms with Crippen LogP contribution in [0, 0.1) is 0 Å².